The minimum Gasteiger partial charge on any atom is -0.395 e. The van der Waals surface area contributed by atoms with E-state index >= 15 is 0 Å². The number of halogens is 3. The highest BCUT2D eigenvalue weighted by atomic mass is 19.4. The molecule has 2 N–H and O–H groups in total. The second kappa shape index (κ2) is 5.70. The molecule has 2 amide bonds. The molecule has 1 unspecified atom stereocenters. The van der Waals surface area contributed by atoms with Gasteiger partial charge < -0.3 is 15.3 Å². The van der Waals surface area contributed by atoms with Crippen molar-refractivity contribution in [3.63, 3.8) is 0 Å². The molecule has 0 radical (unpaired) electrons. The van der Waals surface area contributed by atoms with E-state index in [1.807, 2.05) is 0 Å². The van der Waals surface area contributed by atoms with E-state index in [1.165, 1.54) is 17.0 Å². The predicted molar refractivity (Wildman–Crippen MR) is 66.0 cm³/mol. The van der Waals surface area contributed by atoms with Crippen LogP contribution in [-0.2, 0) is 6.18 Å². The Bertz CT molecular complexity index is 473. The monoisotopic (exact) mass is 288 g/mol. The molecule has 0 bridgehead atoms. The molecule has 1 heterocycles. The molecule has 0 spiro atoms. The van der Waals surface area contributed by atoms with Crippen LogP contribution in [0.5, 0.6) is 0 Å². The molecule has 2 rings (SSSR count). The summed E-state index contributed by atoms with van der Waals surface area (Å²) in [7, 11) is 0. The van der Waals surface area contributed by atoms with Gasteiger partial charge in [-0.1, -0.05) is 12.1 Å². The summed E-state index contributed by atoms with van der Waals surface area (Å²) in [6.07, 6.45) is -3.76. The molecule has 0 aliphatic carbocycles. The van der Waals surface area contributed by atoms with Crippen molar-refractivity contribution in [3.8, 4) is 0 Å². The first-order valence-corrected chi connectivity index (χ1v) is 6.25. The second-order valence-corrected chi connectivity index (χ2v) is 4.62. The second-order valence-electron chi connectivity index (χ2n) is 4.62. The molecule has 1 aliphatic heterocycles. The van der Waals surface area contributed by atoms with Crippen LogP contribution in [0.3, 0.4) is 0 Å². The van der Waals surface area contributed by atoms with Gasteiger partial charge in [-0.05, 0) is 24.1 Å². The van der Waals surface area contributed by atoms with Gasteiger partial charge >= 0.3 is 12.2 Å². The van der Waals surface area contributed by atoms with Gasteiger partial charge in [0.15, 0.2) is 0 Å². The molecule has 1 aromatic rings. The lowest BCUT2D eigenvalue weighted by Crippen LogP contribution is -2.48. The maximum atomic E-state index is 12.5. The highest BCUT2D eigenvalue weighted by Gasteiger charge is 2.31. The fourth-order valence-corrected chi connectivity index (χ4v) is 2.19. The number of hydrogen-bond donors (Lipinski definition) is 2. The zero-order chi connectivity index (χ0) is 14.8. The first-order valence-electron chi connectivity index (χ1n) is 6.25. The summed E-state index contributed by atoms with van der Waals surface area (Å²) >= 11 is 0. The number of aliphatic hydroxyl groups excluding tert-OH is 1. The fraction of sp³-hybridized carbons (Fsp3) is 0.462. The number of benzene rings is 1. The average molecular weight is 288 g/mol. The standard InChI is InChI=1S/C13H15F3N2O2/c14-13(15,16)10-3-1-9(2-4-10)11-5-6-18(7-8-19)12(20)17-11/h1-4,11,19H,5-8H2,(H,17,20). The summed E-state index contributed by atoms with van der Waals surface area (Å²) in [5.74, 6) is 0. The summed E-state index contributed by atoms with van der Waals surface area (Å²) in [4.78, 5) is 13.2. The van der Waals surface area contributed by atoms with Crippen LogP contribution < -0.4 is 5.32 Å². The molecule has 4 nitrogen and oxygen atoms in total. The maximum absolute atomic E-state index is 12.5. The van der Waals surface area contributed by atoms with Gasteiger partial charge in [0.2, 0.25) is 0 Å². The third-order valence-electron chi connectivity index (χ3n) is 3.28. The van der Waals surface area contributed by atoms with Crippen LogP contribution in [0.4, 0.5) is 18.0 Å². The minimum atomic E-state index is -4.35. The van der Waals surface area contributed by atoms with Gasteiger partial charge in [-0.3, -0.25) is 0 Å². The van der Waals surface area contributed by atoms with Crippen molar-refractivity contribution in [2.75, 3.05) is 19.7 Å². The Morgan fingerprint density at radius 1 is 1.30 bits per heavy atom. The molecular formula is C13H15F3N2O2. The Hall–Kier alpha value is -1.76. The Labute approximate surface area is 114 Å². The number of carbonyl (C=O) groups is 1. The van der Waals surface area contributed by atoms with Gasteiger partial charge in [-0.25, -0.2) is 4.79 Å². The van der Waals surface area contributed by atoms with Gasteiger partial charge in [0.25, 0.3) is 0 Å². The summed E-state index contributed by atoms with van der Waals surface area (Å²) in [6.45, 7) is 0.613. The van der Waals surface area contributed by atoms with E-state index in [0.717, 1.165) is 12.1 Å². The predicted octanol–water partition coefficient (Wildman–Crippen LogP) is 2.15. The van der Waals surface area contributed by atoms with Crippen LogP contribution in [0.25, 0.3) is 0 Å². The number of aliphatic hydroxyl groups is 1. The topological polar surface area (TPSA) is 52.6 Å². The smallest absolute Gasteiger partial charge is 0.395 e. The van der Waals surface area contributed by atoms with Gasteiger partial charge in [-0.2, -0.15) is 13.2 Å². The number of nitrogens with one attached hydrogen (secondary N) is 1. The summed E-state index contributed by atoms with van der Waals surface area (Å²) in [5, 5.41) is 11.5. The number of urea groups is 1. The molecule has 1 atom stereocenters. The minimum absolute atomic E-state index is 0.113. The summed E-state index contributed by atoms with van der Waals surface area (Å²) in [6, 6.07) is 4.20. The Morgan fingerprint density at radius 2 is 1.95 bits per heavy atom. The number of nitrogens with zero attached hydrogens (tertiary/aromatic N) is 1. The van der Waals surface area contributed by atoms with Crippen LogP contribution in [0.15, 0.2) is 24.3 Å². The molecule has 1 aromatic carbocycles. The van der Waals surface area contributed by atoms with E-state index in [4.69, 9.17) is 5.11 Å². The van der Waals surface area contributed by atoms with Crippen molar-refractivity contribution in [3.05, 3.63) is 35.4 Å². The SMILES string of the molecule is O=C1NC(c2ccc(C(F)(F)F)cc2)CCN1CCO. The molecule has 110 valence electrons. The number of β-amino-alcohol motifs (C(OH)–C–C–N with tert-alkyl or cyclic N) is 1. The first kappa shape index (κ1) is 14.6. The van der Waals surface area contributed by atoms with Crippen molar-refractivity contribution in [1.82, 2.24) is 10.2 Å². The highest BCUT2D eigenvalue weighted by molar-refractivity contribution is 5.75. The Kier molecular flexibility index (Phi) is 4.17. The van der Waals surface area contributed by atoms with Crippen LogP contribution in [0, 0.1) is 0 Å². The lowest BCUT2D eigenvalue weighted by atomic mass is 10.0. The quantitative estimate of drug-likeness (QED) is 0.895. The average Bonchev–Trinajstić information content (AvgIpc) is 2.40. The van der Waals surface area contributed by atoms with Crippen molar-refractivity contribution >= 4 is 6.03 Å². The normalized spacial score (nSPS) is 19.9. The van der Waals surface area contributed by atoms with Crippen molar-refractivity contribution in [1.29, 1.82) is 0 Å². The molecule has 7 heteroatoms. The molecule has 20 heavy (non-hydrogen) atoms. The molecule has 1 fully saturated rings. The molecular weight excluding hydrogens is 273 g/mol. The van der Waals surface area contributed by atoms with Crippen LogP contribution in [0.1, 0.15) is 23.6 Å². The number of amides is 2. The Balaban J connectivity index is 2.05. The van der Waals surface area contributed by atoms with Gasteiger partial charge in [0.05, 0.1) is 18.2 Å². The largest absolute Gasteiger partial charge is 0.416 e. The molecule has 0 saturated carbocycles. The van der Waals surface area contributed by atoms with E-state index in [0.29, 0.717) is 18.5 Å². The van der Waals surface area contributed by atoms with Crippen LogP contribution in [0.2, 0.25) is 0 Å². The van der Waals surface area contributed by atoms with Crippen molar-refractivity contribution < 1.29 is 23.1 Å². The number of alkyl halides is 3. The van der Waals surface area contributed by atoms with E-state index < -0.39 is 11.7 Å². The highest BCUT2D eigenvalue weighted by Crippen LogP contribution is 2.30. The molecule has 0 aromatic heterocycles. The zero-order valence-corrected chi connectivity index (χ0v) is 10.7. The number of hydrogen-bond acceptors (Lipinski definition) is 2. The first-order chi connectivity index (χ1) is 9.41. The van der Waals surface area contributed by atoms with E-state index in [1.54, 1.807) is 0 Å². The van der Waals surface area contributed by atoms with E-state index in [2.05, 4.69) is 5.32 Å². The number of rotatable bonds is 3. The number of carbonyl (C=O) groups excluding carboxylic acids is 1. The van der Waals surface area contributed by atoms with E-state index in [9.17, 15) is 18.0 Å². The van der Waals surface area contributed by atoms with Crippen LogP contribution >= 0.6 is 0 Å². The van der Waals surface area contributed by atoms with Gasteiger partial charge in [-0.15, -0.1) is 0 Å². The third-order valence-corrected chi connectivity index (χ3v) is 3.28. The van der Waals surface area contributed by atoms with Crippen molar-refractivity contribution in [2.24, 2.45) is 0 Å². The molecule has 1 saturated heterocycles. The van der Waals surface area contributed by atoms with Crippen molar-refractivity contribution in [2.45, 2.75) is 18.6 Å². The summed E-state index contributed by atoms with van der Waals surface area (Å²) < 4.78 is 37.4. The van der Waals surface area contributed by atoms with Gasteiger partial charge in [0, 0.05) is 13.1 Å². The lowest BCUT2D eigenvalue weighted by molar-refractivity contribution is -0.137. The van der Waals surface area contributed by atoms with Gasteiger partial charge in [0.1, 0.15) is 0 Å². The lowest BCUT2D eigenvalue weighted by Gasteiger charge is -2.32. The third kappa shape index (κ3) is 3.22. The van der Waals surface area contributed by atoms with E-state index in [-0.39, 0.29) is 25.2 Å². The van der Waals surface area contributed by atoms with Crippen LogP contribution in [-0.4, -0.2) is 35.7 Å². The molecule has 1 aliphatic rings. The Morgan fingerprint density at radius 3 is 2.45 bits per heavy atom. The zero-order valence-electron chi connectivity index (χ0n) is 10.7. The fourth-order valence-electron chi connectivity index (χ4n) is 2.19. The maximum Gasteiger partial charge on any atom is 0.416 e. The summed E-state index contributed by atoms with van der Waals surface area (Å²) in [5.41, 5.74) is -0.0553.